The molecule has 1 aliphatic heterocycles. The molecule has 26 heavy (non-hydrogen) atoms. The van der Waals surface area contributed by atoms with E-state index in [-0.39, 0.29) is 0 Å². The third-order valence-corrected chi connectivity index (χ3v) is 5.26. The van der Waals surface area contributed by atoms with Gasteiger partial charge in [0.05, 0.1) is 36.9 Å². The molecule has 1 N–H and O–H groups in total. The predicted octanol–water partition coefficient (Wildman–Crippen LogP) is 3.23. The fraction of sp³-hybridized carbons (Fsp3) is 0.400. The first-order valence-electron chi connectivity index (χ1n) is 9.08. The third-order valence-electron chi connectivity index (χ3n) is 5.26. The molecule has 3 aromatic rings. The summed E-state index contributed by atoms with van der Waals surface area (Å²) in [6.45, 7) is 6.99. The number of methoxy groups -OCH3 is 1. The Hall–Kier alpha value is -2.76. The molecule has 0 spiro atoms. The Morgan fingerprint density at radius 3 is 2.73 bits per heavy atom. The van der Waals surface area contributed by atoms with Crippen molar-refractivity contribution in [1.82, 2.24) is 20.0 Å². The minimum atomic E-state index is 0.771. The highest BCUT2D eigenvalue weighted by molar-refractivity contribution is 5.52. The normalized spacial score (nSPS) is 13.7. The van der Waals surface area contributed by atoms with Crippen molar-refractivity contribution in [2.45, 2.75) is 39.8 Å². The maximum atomic E-state index is 5.24. The first-order chi connectivity index (χ1) is 12.7. The lowest BCUT2D eigenvalue weighted by atomic mass is 10.1. The van der Waals surface area contributed by atoms with Gasteiger partial charge in [0.25, 0.3) is 0 Å². The summed E-state index contributed by atoms with van der Waals surface area (Å²) in [5.41, 5.74) is 7.35. The van der Waals surface area contributed by atoms with Gasteiger partial charge in [-0.2, -0.15) is 10.2 Å². The lowest BCUT2D eigenvalue weighted by Gasteiger charge is -2.28. The number of H-pyrrole nitrogens is 1. The minimum absolute atomic E-state index is 0.771. The van der Waals surface area contributed by atoms with E-state index in [0.29, 0.717) is 0 Å². The maximum Gasteiger partial charge on any atom is 0.118 e. The summed E-state index contributed by atoms with van der Waals surface area (Å²) in [4.78, 5) is 2.41. The van der Waals surface area contributed by atoms with Crippen LogP contribution in [-0.4, -0.2) is 33.6 Å². The van der Waals surface area contributed by atoms with Crippen molar-refractivity contribution in [2.75, 3.05) is 18.6 Å². The molecule has 0 amide bonds. The Balaban J connectivity index is 1.55. The van der Waals surface area contributed by atoms with E-state index in [2.05, 4.69) is 45.8 Å². The van der Waals surface area contributed by atoms with Gasteiger partial charge in [0.2, 0.25) is 0 Å². The van der Waals surface area contributed by atoms with Crippen LogP contribution < -0.4 is 9.64 Å². The first kappa shape index (κ1) is 16.7. The quantitative estimate of drug-likeness (QED) is 0.767. The SMILES string of the molecule is COc1ccc(Cn2nc(C)c(CN3CCCc4[nH]ncc43)c2C)cc1. The van der Waals surface area contributed by atoms with Crippen molar-refractivity contribution in [3.8, 4) is 5.75 Å². The molecule has 0 saturated carbocycles. The average molecular weight is 351 g/mol. The molecule has 6 heteroatoms. The van der Waals surface area contributed by atoms with Gasteiger partial charge in [0, 0.05) is 24.3 Å². The number of anilines is 1. The molecule has 0 saturated heterocycles. The van der Waals surface area contributed by atoms with E-state index in [1.54, 1.807) is 7.11 Å². The summed E-state index contributed by atoms with van der Waals surface area (Å²) in [5, 5.41) is 12.1. The van der Waals surface area contributed by atoms with Crippen LogP contribution in [0.2, 0.25) is 0 Å². The molecule has 0 bridgehead atoms. The standard InChI is InChI=1S/C20H25N5O/c1-14-18(13-24-10-4-5-19-20(24)11-21-22-19)15(2)25(23-14)12-16-6-8-17(26-3)9-7-16/h6-9,11H,4-5,10,12-13H2,1-3H3,(H,21,22). The smallest absolute Gasteiger partial charge is 0.118 e. The average Bonchev–Trinajstić information content (AvgIpc) is 3.23. The van der Waals surface area contributed by atoms with Crippen molar-refractivity contribution in [2.24, 2.45) is 0 Å². The number of nitrogens with one attached hydrogen (secondary N) is 1. The number of fused-ring (bicyclic) bond motifs is 1. The Labute approximate surface area is 153 Å². The van der Waals surface area contributed by atoms with Gasteiger partial charge < -0.3 is 9.64 Å². The fourth-order valence-corrected chi connectivity index (χ4v) is 3.71. The van der Waals surface area contributed by atoms with Crippen LogP contribution in [0.3, 0.4) is 0 Å². The number of nitrogens with zero attached hydrogens (tertiary/aromatic N) is 4. The predicted molar refractivity (Wildman–Crippen MR) is 102 cm³/mol. The topological polar surface area (TPSA) is 59.0 Å². The zero-order valence-corrected chi connectivity index (χ0v) is 15.6. The molecule has 6 nitrogen and oxygen atoms in total. The van der Waals surface area contributed by atoms with Crippen molar-refractivity contribution in [3.63, 3.8) is 0 Å². The molecular formula is C20H25N5O. The van der Waals surface area contributed by atoms with Crippen LogP contribution in [0.25, 0.3) is 0 Å². The molecule has 1 aliphatic rings. The van der Waals surface area contributed by atoms with Gasteiger partial charge in [-0.3, -0.25) is 9.78 Å². The number of ether oxygens (including phenoxy) is 1. The second-order valence-electron chi connectivity index (χ2n) is 6.91. The highest BCUT2D eigenvalue weighted by Crippen LogP contribution is 2.28. The van der Waals surface area contributed by atoms with Gasteiger partial charge >= 0.3 is 0 Å². The van der Waals surface area contributed by atoms with Crippen molar-refractivity contribution in [1.29, 1.82) is 0 Å². The Bertz CT molecular complexity index is 894. The van der Waals surface area contributed by atoms with Gasteiger partial charge in [0.1, 0.15) is 5.75 Å². The second-order valence-corrected chi connectivity index (χ2v) is 6.91. The van der Waals surface area contributed by atoms with Crippen LogP contribution in [0, 0.1) is 13.8 Å². The minimum Gasteiger partial charge on any atom is -0.497 e. The Kier molecular flexibility index (Phi) is 4.41. The lowest BCUT2D eigenvalue weighted by molar-refractivity contribution is 0.414. The molecular weight excluding hydrogens is 326 g/mol. The van der Waals surface area contributed by atoms with Crippen LogP contribution >= 0.6 is 0 Å². The molecule has 0 unspecified atom stereocenters. The summed E-state index contributed by atoms with van der Waals surface area (Å²) in [5.74, 6) is 0.879. The summed E-state index contributed by atoms with van der Waals surface area (Å²) >= 11 is 0. The van der Waals surface area contributed by atoms with E-state index >= 15 is 0 Å². The van der Waals surface area contributed by atoms with Crippen LogP contribution in [0.1, 0.15) is 34.6 Å². The summed E-state index contributed by atoms with van der Waals surface area (Å²) in [6, 6.07) is 8.18. The molecule has 0 radical (unpaired) electrons. The Morgan fingerprint density at radius 1 is 1.15 bits per heavy atom. The lowest BCUT2D eigenvalue weighted by Crippen LogP contribution is -2.28. The van der Waals surface area contributed by atoms with Gasteiger partial charge in [-0.25, -0.2) is 0 Å². The molecule has 0 aliphatic carbocycles. The van der Waals surface area contributed by atoms with E-state index < -0.39 is 0 Å². The van der Waals surface area contributed by atoms with Crippen molar-refractivity contribution in [3.05, 3.63) is 58.7 Å². The number of rotatable bonds is 5. The zero-order chi connectivity index (χ0) is 18.1. The maximum absolute atomic E-state index is 5.24. The molecule has 1 aromatic carbocycles. The summed E-state index contributed by atoms with van der Waals surface area (Å²) < 4.78 is 7.34. The summed E-state index contributed by atoms with van der Waals surface area (Å²) in [7, 11) is 1.69. The monoisotopic (exact) mass is 351 g/mol. The van der Waals surface area contributed by atoms with Crippen molar-refractivity contribution < 1.29 is 4.74 Å². The third kappa shape index (κ3) is 3.07. The molecule has 0 atom stereocenters. The Morgan fingerprint density at radius 2 is 1.96 bits per heavy atom. The largest absolute Gasteiger partial charge is 0.497 e. The number of hydrogen-bond acceptors (Lipinski definition) is 4. The van der Waals surface area contributed by atoms with Crippen LogP contribution in [0.15, 0.2) is 30.5 Å². The molecule has 136 valence electrons. The van der Waals surface area contributed by atoms with E-state index in [1.807, 2.05) is 18.3 Å². The number of aromatic nitrogens is 4. The van der Waals surface area contributed by atoms with E-state index in [9.17, 15) is 0 Å². The van der Waals surface area contributed by atoms with Crippen LogP contribution in [0.5, 0.6) is 5.75 Å². The van der Waals surface area contributed by atoms with E-state index in [4.69, 9.17) is 9.84 Å². The fourth-order valence-electron chi connectivity index (χ4n) is 3.71. The zero-order valence-electron chi connectivity index (χ0n) is 15.6. The van der Waals surface area contributed by atoms with E-state index in [0.717, 1.165) is 43.9 Å². The summed E-state index contributed by atoms with van der Waals surface area (Å²) in [6.07, 6.45) is 4.19. The van der Waals surface area contributed by atoms with Crippen molar-refractivity contribution >= 4 is 5.69 Å². The van der Waals surface area contributed by atoms with Crippen LogP contribution in [0.4, 0.5) is 5.69 Å². The van der Waals surface area contributed by atoms with Crippen LogP contribution in [-0.2, 0) is 19.5 Å². The van der Waals surface area contributed by atoms with Gasteiger partial charge in [-0.15, -0.1) is 0 Å². The first-order valence-corrected chi connectivity index (χ1v) is 9.08. The van der Waals surface area contributed by atoms with Gasteiger partial charge in [0.15, 0.2) is 0 Å². The number of benzene rings is 1. The second kappa shape index (κ2) is 6.86. The number of aromatic amines is 1. The van der Waals surface area contributed by atoms with Gasteiger partial charge in [-0.1, -0.05) is 12.1 Å². The number of hydrogen-bond donors (Lipinski definition) is 1. The highest BCUT2D eigenvalue weighted by Gasteiger charge is 2.21. The molecule has 0 fully saturated rings. The molecule has 4 rings (SSSR count). The van der Waals surface area contributed by atoms with Gasteiger partial charge in [-0.05, 0) is 44.4 Å². The van der Waals surface area contributed by atoms with E-state index in [1.165, 1.54) is 28.2 Å². The highest BCUT2D eigenvalue weighted by atomic mass is 16.5. The molecule has 2 aromatic heterocycles. The number of aryl methyl sites for hydroxylation is 2. The molecule has 3 heterocycles.